The molecule has 0 spiro atoms. The lowest BCUT2D eigenvalue weighted by atomic mass is 9.96. The topological polar surface area (TPSA) is 44.5 Å². The van der Waals surface area contributed by atoms with Crippen LogP contribution in [0.2, 0.25) is 0 Å². The molecule has 1 atom stereocenters. The zero-order chi connectivity index (χ0) is 15.4. The van der Waals surface area contributed by atoms with Gasteiger partial charge in [-0.3, -0.25) is 0 Å². The van der Waals surface area contributed by atoms with Crippen molar-refractivity contribution in [3.05, 3.63) is 58.7 Å². The van der Waals surface area contributed by atoms with Crippen LogP contribution in [0, 0.1) is 13.8 Å². The molecule has 0 aliphatic carbocycles. The van der Waals surface area contributed by atoms with Gasteiger partial charge in [0.25, 0.3) is 0 Å². The van der Waals surface area contributed by atoms with Gasteiger partial charge in [-0.1, -0.05) is 24.3 Å². The summed E-state index contributed by atoms with van der Waals surface area (Å²) in [6, 6.07) is 12.1. The fraction of sp³-hybridized carbons (Fsp3) is 0.333. The Morgan fingerprint density at radius 2 is 1.71 bits per heavy atom. The van der Waals surface area contributed by atoms with Crippen molar-refractivity contribution < 1.29 is 9.47 Å². The van der Waals surface area contributed by atoms with Crippen LogP contribution in [0.3, 0.4) is 0 Å². The summed E-state index contributed by atoms with van der Waals surface area (Å²) in [6.45, 7) is 4.24. The Labute approximate surface area is 126 Å². The van der Waals surface area contributed by atoms with Crippen LogP contribution < -0.4 is 15.2 Å². The highest BCUT2D eigenvalue weighted by molar-refractivity contribution is 5.43. The molecule has 0 aliphatic heterocycles. The van der Waals surface area contributed by atoms with Crippen molar-refractivity contribution in [2.45, 2.75) is 26.3 Å². The molecule has 0 saturated heterocycles. The minimum atomic E-state index is -0.104. The summed E-state index contributed by atoms with van der Waals surface area (Å²) in [4.78, 5) is 0. The van der Waals surface area contributed by atoms with Crippen LogP contribution in [-0.4, -0.2) is 14.2 Å². The molecule has 2 aromatic carbocycles. The van der Waals surface area contributed by atoms with Crippen molar-refractivity contribution in [1.82, 2.24) is 0 Å². The SMILES string of the molecule is COc1ccc(C(N)Cc2ccc(C)c(C)c2)c(OC)c1. The molecule has 3 nitrogen and oxygen atoms in total. The first-order valence-corrected chi connectivity index (χ1v) is 7.08. The Bertz CT molecular complexity index is 623. The Morgan fingerprint density at radius 1 is 0.952 bits per heavy atom. The number of hydrogen-bond donors (Lipinski definition) is 1. The molecule has 0 amide bonds. The third kappa shape index (κ3) is 3.56. The summed E-state index contributed by atoms with van der Waals surface area (Å²) in [6.07, 6.45) is 0.782. The van der Waals surface area contributed by atoms with Crippen LogP contribution in [0.5, 0.6) is 11.5 Å². The summed E-state index contributed by atoms with van der Waals surface area (Å²) in [5.41, 5.74) is 11.2. The molecular formula is C18H23NO2. The lowest BCUT2D eigenvalue weighted by Crippen LogP contribution is -2.14. The van der Waals surface area contributed by atoms with Crippen LogP contribution in [0.25, 0.3) is 0 Å². The summed E-state index contributed by atoms with van der Waals surface area (Å²) in [7, 11) is 3.30. The van der Waals surface area contributed by atoms with E-state index in [2.05, 4.69) is 32.0 Å². The van der Waals surface area contributed by atoms with Crippen LogP contribution in [0.1, 0.15) is 28.3 Å². The van der Waals surface area contributed by atoms with Gasteiger partial charge in [0.1, 0.15) is 11.5 Å². The highest BCUT2D eigenvalue weighted by Crippen LogP contribution is 2.30. The van der Waals surface area contributed by atoms with E-state index in [0.717, 1.165) is 23.5 Å². The molecule has 0 aliphatic rings. The Kier molecular flexibility index (Phi) is 4.86. The monoisotopic (exact) mass is 285 g/mol. The second-order valence-electron chi connectivity index (χ2n) is 5.34. The first-order chi connectivity index (χ1) is 10.0. The van der Waals surface area contributed by atoms with Crippen molar-refractivity contribution in [2.75, 3.05) is 14.2 Å². The summed E-state index contributed by atoms with van der Waals surface area (Å²) >= 11 is 0. The predicted octanol–water partition coefficient (Wildman–Crippen LogP) is 3.56. The van der Waals surface area contributed by atoms with Gasteiger partial charge in [-0.05, 0) is 43.0 Å². The average molecular weight is 285 g/mol. The fourth-order valence-electron chi connectivity index (χ4n) is 2.42. The van der Waals surface area contributed by atoms with E-state index in [1.165, 1.54) is 16.7 Å². The number of ether oxygens (including phenoxy) is 2. The van der Waals surface area contributed by atoms with Gasteiger partial charge in [-0.25, -0.2) is 0 Å². The van der Waals surface area contributed by atoms with Gasteiger partial charge in [0, 0.05) is 17.7 Å². The van der Waals surface area contributed by atoms with E-state index < -0.39 is 0 Å². The van der Waals surface area contributed by atoms with Gasteiger partial charge >= 0.3 is 0 Å². The second-order valence-corrected chi connectivity index (χ2v) is 5.34. The molecule has 3 heteroatoms. The number of hydrogen-bond acceptors (Lipinski definition) is 3. The third-order valence-electron chi connectivity index (χ3n) is 3.87. The molecule has 0 aromatic heterocycles. The first-order valence-electron chi connectivity index (χ1n) is 7.08. The molecule has 112 valence electrons. The Hall–Kier alpha value is -2.00. The highest BCUT2D eigenvalue weighted by atomic mass is 16.5. The number of aryl methyl sites for hydroxylation is 2. The average Bonchev–Trinajstić information content (AvgIpc) is 2.50. The predicted molar refractivity (Wildman–Crippen MR) is 86.1 cm³/mol. The van der Waals surface area contributed by atoms with Gasteiger partial charge in [0.2, 0.25) is 0 Å². The van der Waals surface area contributed by atoms with Crippen molar-refractivity contribution in [2.24, 2.45) is 5.73 Å². The quantitative estimate of drug-likeness (QED) is 0.913. The number of benzene rings is 2. The number of rotatable bonds is 5. The Morgan fingerprint density at radius 3 is 2.33 bits per heavy atom. The Balaban J connectivity index is 2.23. The summed E-state index contributed by atoms with van der Waals surface area (Å²) in [5.74, 6) is 1.54. The van der Waals surface area contributed by atoms with Crippen LogP contribution in [0.15, 0.2) is 36.4 Å². The summed E-state index contributed by atoms with van der Waals surface area (Å²) < 4.78 is 10.6. The normalized spacial score (nSPS) is 12.0. The number of nitrogens with two attached hydrogens (primary N) is 1. The highest BCUT2D eigenvalue weighted by Gasteiger charge is 2.14. The molecule has 1 unspecified atom stereocenters. The van der Waals surface area contributed by atoms with E-state index >= 15 is 0 Å². The maximum absolute atomic E-state index is 6.36. The lowest BCUT2D eigenvalue weighted by Gasteiger charge is -2.17. The molecule has 2 aromatic rings. The van der Waals surface area contributed by atoms with Crippen molar-refractivity contribution in [3.8, 4) is 11.5 Å². The van der Waals surface area contributed by atoms with Gasteiger partial charge in [0.05, 0.1) is 14.2 Å². The summed E-state index contributed by atoms with van der Waals surface area (Å²) in [5, 5.41) is 0. The van der Waals surface area contributed by atoms with Gasteiger partial charge in [0.15, 0.2) is 0 Å². The third-order valence-corrected chi connectivity index (χ3v) is 3.87. The van der Waals surface area contributed by atoms with Crippen LogP contribution >= 0.6 is 0 Å². The maximum Gasteiger partial charge on any atom is 0.127 e. The zero-order valence-corrected chi connectivity index (χ0v) is 13.1. The van der Waals surface area contributed by atoms with E-state index in [-0.39, 0.29) is 6.04 Å². The van der Waals surface area contributed by atoms with Crippen LogP contribution in [-0.2, 0) is 6.42 Å². The van der Waals surface area contributed by atoms with Crippen molar-refractivity contribution >= 4 is 0 Å². The van der Waals surface area contributed by atoms with E-state index in [1.807, 2.05) is 18.2 Å². The molecule has 0 radical (unpaired) electrons. The molecule has 2 N–H and O–H groups in total. The molecule has 0 fully saturated rings. The van der Waals surface area contributed by atoms with Gasteiger partial charge in [-0.15, -0.1) is 0 Å². The van der Waals surface area contributed by atoms with E-state index in [4.69, 9.17) is 15.2 Å². The largest absolute Gasteiger partial charge is 0.497 e. The van der Waals surface area contributed by atoms with E-state index in [0.29, 0.717) is 0 Å². The maximum atomic E-state index is 6.36. The standard InChI is InChI=1S/C18H23NO2/c1-12-5-6-14(9-13(12)2)10-17(19)16-8-7-15(20-3)11-18(16)21-4/h5-9,11,17H,10,19H2,1-4H3. The lowest BCUT2D eigenvalue weighted by molar-refractivity contribution is 0.388. The van der Waals surface area contributed by atoms with E-state index in [9.17, 15) is 0 Å². The first kappa shape index (κ1) is 15.4. The molecule has 0 bridgehead atoms. The van der Waals surface area contributed by atoms with Crippen molar-refractivity contribution in [1.29, 1.82) is 0 Å². The molecule has 2 rings (SSSR count). The molecule has 0 saturated carbocycles. The van der Waals surface area contributed by atoms with Crippen LogP contribution in [0.4, 0.5) is 0 Å². The van der Waals surface area contributed by atoms with Gasteiger partial charge in [-0.2, -0.15) is 0 Å². The molecular weight excluding hydrogens is 262 g/mol. The fourth-order valence-corrected chi connectivity index (χ4v) is 2.42. The van der Waals surface area contributed by atoms with E-state index in [1.54, 1.807) is 14.2 Å². The number of methoxy groups -OCH3 is 2. The molecule has 0 heterocycles. The smallest absolute Gasteiger partial charge is 0.127 e. The van der Waals surface area contributed by atoms with Crippen molar-refractivity contribution in [3.63, 3.8) is 0 Å². The zero-order valence-electron chi connectivity index (χ0n) is 13.1. The second kappa shape index (κ2) is 6.64. The minimum absolute atomic E-state index is 0.104. The minimum Gasteiger partial charge on any atom is -0.497 e. The molecule has 21 heavy (non-hydrogen) atoms. The van der Waals surface area contributed by atoms with Gasteiger partial charge < -0.3 is 15.2 Å².